The van der Waals surface area contributed by atoms with Gasteiger partial charge in [-0.2, -0.15) is 10.5 Å². The first kappa shape index (κ1) is 12.2. The lowest BCUT2D eigenvalue weighted by atomic mass is 10.2. The highest BCUT2D eigenvalue weighted by Crippen LogP contribution is 2.08. The molecule has 0 aliphatic rings. The summed E-state index contributed by atoms with van der Waals surface area (Å²) in [7, 11) is 0. The Morgan fingerprint density at radius 3 is 2.50 bits per heavy atom. The van der Waals surface area contributed by atoms with Gasteiger partial charge in [-0.15, -0.1) is 0 Å². The Morgan fingerprint density at radius 2 is 1.94 bits per heavy atom. The van der Waals surface area contributed by atoms with E-state index in [0.717, 1.165) is 6.54 Å². The van der Waals surface area contributed by atoms with Gasteiger partial charge in [-0.3, -0.25) is 4.90 Å². The summed E-state index contributed by atoms with van der Waals surface area (Å²) in [6, 6.07) is 14.2. The van der Waals surface area contributed by atoms with Crippen LogP contribution in [0.4, 0.5) is 0 Å². The molecule has 0 bridgehead atoms. The molecule has 3 nitrogen and oxygen atoms in total. The van der Waals surface area contributed by atoms with Crippen LogP contribution in [0.25, 0.3) is 0 Å². The Hall–Kier alpha value is -1.84. The second-order valence-corrected chi connectivity index (χ2v) is 3.67. The third-order valence-electron chi connectivity index (χ3n) is 2.47. The summed E-state index contributed by atoms with van der Waals surface area (Å²) >= 11 is 0. The smallest absolute Gasteiger partial charge is 0.0952 e. The van der Waals surface area contributed by atoms with Gasteiger partial charge in [0, 0.05) is 19.5 Å². The summed E-state index contributed by atoms with van der Waals surface area (Å²) in [5.41, 5.74) is 1.17. The van der Waals surface area contributed by atoms with Crippen molar-refractivity contribution in [3.05, 3.63) is 35.9 Å². The molecule has 1 aromatic carbocycles. The number of hydrogen-bond acceptors (Lipinski definition) is 3. The third kappa shape index (κ3) is 3.73. The van der Waals surface area contributed by atoms with Crippen molar-refractivity contribution in [3.8, 4) is 12.1 Å². The molecular weight excluding hydrogens is 198 g/mol. The minimum absolute atomic E-state index is 0.159. The van der Waals surface area contributed by atoms with Crippen molar-refractivity contribution < 1.29 is 0 Å². The Kier molecular flexibility index (Phi) is 5.05. The van der Waals surface area contributed by atoms with Crippen LogP contribution in [0.2, 0.25) is 0 Å². The maximum atomic E-state index is 8.91. The van der Waals surface area contributed by atoms with Crippen LogP contribution in [0.15, 0.2) is 30.3 Å². The monoisotopic (exact) mass is 213 g/mol. The van der Waals surface area contributed by atoms with Crippen LogP contribution in [0.5, 0.6) is 0 Å². The molecule has 1 rings (SSSR count). The molecule has 0 spiro atoms. The molecule has 1 aromatic rings. The molecule has 0 N–H and O–H groups in total. The summed E-state index contributed by atoms with van der Waals surface area (Å²) in [6.45, 7) is 3.22. The zero-order valence-corrected chi connectivity index (χ0v) is 9.43. The van der Waals surface area contributed by atoms with Gasteiger partial charge in [-0.1, -0.05) is 30.3 Å². The van der Waals surface area contributed by atoms with E-state index in [4.69, 9.17) is 10.5 Å². The zero-order chi connectivity index (χ0) is 11.8. The van der Waals surface area contributed by atoms with Gasteiger partial charge in [0.05, 0.1) is 18.2 Å². The fourth-order valence-corrected chi connectivity index (χ4v) is 1.50. The fraction of sp³-hybridized carbons (Fsp3) is 0.385. The molecule has 16 heavy (non-hydrogen) atoms. The second kappa shape index (κ2) is 6.61. The van der Waals surface area contributed by atoms with E-state index in [1.807, 2.05) is 42.2 Å². The molecule has 1 atom stereocenters. The fourth-order valence-electron chi connectivity index (χ4n) is 1.50. The van der Waals surface area contributed by atoms with Crippen LogP contribution in [0.3, 0.4) is 0 Å². The van der Waals surface area contributed by atoms with Gasteiger partial charge in [-0.05, 0) is 12.5 Å². The molecule has 82 valence electrons. The van der Waals surface area contributed by atoms with Crippen molar-refractivity contribution in [2.75, 3.05) is 6.54 Å². The zero-order valence-electron chi connectivity index (χ0n) is 9.43. The number of nitriles is 2. The van der Waals surface area contributed by atoms with E-state index in [2.05, 4.69) is 12.1 Å². The van der Waals surface area contributed by atoms with Crippen molar-refractivity contribution in [3.63, 3.8) is 0 Å². The SMILES string of the molecule is C[C@H](C#N)N(CCC#N)Cc1ccccc1. The van der Waals surface area contributed by atoms with Crippen molar-refractivity contribution >= 4 is 0 Å². The first-order chi connectivity index (χ1) is 7.77. The molecule has 0 aliphatic carbocycles. The van der Waals surface area contributed by atoms with Crippen LogP contribution < -0.4 is 0 Å². The summed E-state index contributed by atoms with van der Waals surface area (Å²) in [4.78, 5) is 2.01. The maximum absolute atomic E-state index is 8.91. The normalized spacial score (nSPS) is 11.8. The van der Waals surface area contributed by atoms with Gasteiger partial charge in [0.25, 0.3) is 0 Å². The highest BCUT2D eigenvalue weighted by molar-refractivity contribution is 5.15. The van der Waals surface area contributed by atoms with Crippen LogP contribution in [-0.4, -0.2) is 17.5 Å². The number of benzene rings is 1. The number of rotatable bonds is 5. The van der Waals surface area contributed by atoms with E-state index >= 15 is 0 Å². The van der Waals surface area contributed by atoms with Gasteiger partial charge in [0.1, 0.15) is 0 Å². The van der Waals surface area contributed by atoms with Gasteiger partial charge < -0.3 is 0 Å². The minimum atomic E-state index is -0.159. The van der Waals surface area contributed by atoms with Crippen molar-refractivity contribution in [2.45, 2.75) is 25.9 Å². The number of hydrogen-bond donors (Lipinski definition) is 0. The first-order valence-electron chi connectivity index (χ1n) is 5.32. The minimum Gasteiger partial charge on any atom is -0.283 e. The van der Waals surface area contributed by atoms with Crippen molar-refractivity contribution in [1.29, 1.82) is 10.5 Å². The van der Waals surface area contributed by atoms with Crippen LogP contribution in [0.1, 0.15) is 18.9 Å². The van der Waals surface area contributed by atoms with E-state index < -0.39 is 0 Å². The third-order valence-corrected chi connectivity index (χ3v) is 2.47. The standard InChI is InChI=1S/C13H15N3/c1-12(10-15)16(9-5-8-14)11-13-6-3-2-4-7-13/h2-4,6-7,12H,5,9,11H2,1H3/t12-/m1/s1. The molecule has 0 radical (unpaired) electrons. The largest absolute Gasteiger partial charge is 0.283 e. The van der Waals surface area contributed by atoms with Crippen molar-refractivity contribution in [2.24, 2.45) is 0 Å². The summed E-state index contributed by atoms with van der Waals surface area (Å²) in [5, 5.41) is 17.5. The van der Waals surface area contributed by atoms with Gasteiger partial charge in [0.2, 0.25) is 0 Å². The Balaban J connectivity index is 2.64. The van der Waals surface area contributed by atoms with E-state index in [1.165, 1.54) is 5.56 Å². The second-order valence-electron chi connectivity index (χ2n) is 3.67. The summed E-state index contributed by atoms with van der Waals surface area (Å²) < 4.78 is 0. The number of nitrogens with zero attached hydrogens (tertiary/aromatic N) is 3. The first-order valence-corrected chi connectivity index (χ1v) is 5.32. The van der Waals surface area contributed by atoms with E-state index in [9.17, 15) is 0 Å². The van der Waals surface area contributed by atoms with Gasteiger partial charge in [-0.25, -0.2) is 0 Å². The molecule has 0 saturated carbocycles. The Labute approximate surface area is 96.5 Å². The molecule has 3 heteroatoms. The topological polar surface area (TPSA) is 50.8 Å². The van der Waals surface area contributed by atoms with Crippen molar-refractivity contribution in [1.82, 2.24) is 4.90 Å². The van der Waals surface area contributed by atoms with Gasteiger partial charge >= 0.3 is 0 Å². The van der Waals surface area contributed by atoms with E-state index in [-0.39, 0.29) is 6.04 Å². The lowest BCUT2D eigenvalue weighted by molar-refractivity contribution is 0.242. The van der Waals surface area contributed by atoms with Crippen LogP contribution in [0, 0.1) is 22.7 Å². The summed E-state index contributed by atoms with van der Waals surface area (Å²) in [6.07, 6.45) is 0.457. The molecule has 0 aliphatic heterocycles. The highest BCUT2D eigenvalue weighted by Gasteiger charge is 2.12. The van der Waals surface area contributed by atoms with Crippen LogP contribution in [-0.2, 0) is 6.54 Å². The molecule has 0 saturated heterocycles. The lowest BCUT2D eigenvalue weighted by Gasteiger charge is -2.23. The highest BCUT2D eigenvalue weighted by atomic mass is 15.1. The predicted molar refractivity (Wildman–Crippen MR) is 62.2 cm³/mol. The predicted octanol–water partition coefficient (Wildman–Crippen LogP) is 2.31. The molecule has 0 aromatic heterocycles. The average molecular weight is 213 g/mol. The average Bonchev–Trinajstić information content (AvgIpc) is 2.34. The van der Waals surface area contributed by atoms with Crippen LogP contribution >= 0.6 is 0 Å². The molecule has 0 unspecified atom stereocenters. The quantitative estimate of drug-likeness (QED) is 0.754. The molecular formula is C13H15N3. The van der Waals surface area contributed by atoms with Gasteiger partial charge in [0.15, 0.2) is 0 Å². The molecule has 0 amide bonds. The van der Waals surface area contributed by atoms with E-state index in [0.29, 0.717) is 13.0 Å². The molecule has 0 heterocycles. The summed E-state index contributed by atoms with van der Waals surface area (Å²) in [5.74, 6) is 0. The molecule has 0 fully saturated rings. The van der Waals surface area contributed by atoms with E-state index in [1.54, 1.807) is 0 Å². The maximum Gasteiger partial charge on any atom is 0.0952 e. The Bertz CT molecular complexity index is 386. The Morgan fingerprint density at radius 1 is 1.25 bits per heavy atom. The lowest BCUT2D eigenvalue weighted by Crippen LogP contribution is -2.32.